The number of nitrogens with one attached hydrogen (secondary N) is 2. The Morgan fingerprint density at radius 3 is 1.15 bits per heavy atom. The molecule has 0 spiro atoms. The number of nitrogens with zero attached hydrogens (tertiary/aromatic N) is 2. The molecule has 8 rings (SSSR count). The Morgan fingerprint density at radius 2 is 0.805 bits per heavy atom. The molecule has 0 aliphatic carbocycles. The Balaban J connectivity index is 1.10. The zero-order chi connectivity index (χ0) is 59.6. The number of hydrogen-bond acceptors (Lipinski definition) is 10. The van der Waals surface area contributed by atoms with Crippen LogP contribution in [0.25, 0.3) is 21.5 Å². The van der Waals surface area contributed by atoms with Crippen molar-refractivity contribution in [3.8, 4) is 0 Å². The predicted octanol–water partition coefficient (Wildman–Crippen LogP) is 8.35. The molecule has 0 radical (unpaired) electrons. The van der Waals surface area contributed by atoms with Crippen molar-refractivity contribution >= 4 is 64.8 Å². The first kappa shape index (κ1) is 61.6. The van der Waals surface area contributed by atoms with Crippen LogP contribution in [-0.2, 0) is 77.6 Å². The summed E-state index contributed by atoms with van der Waals surface area (Å²) < 4.78 is 53.4. The molecule has 2 aliphatic rings. The van der Waals surface area contributed by atoms with Gasteiger partial charge in [0.2, 0.25) is 23.6 Å². The summed E-state index contributed by atoms with van der Waals surface area (Å²) in [6, 6.07) is 37.3. The molecule has 0 bridgehead atoms. The van der Waals surface area contributed by atoms with E-state index >= 15 is 9.59 Å². The van der Waals surface area contributed by atoms with E-state index in [-0.39, 0.29) is 38.8 Å². The number of hydrogen-bond donors (Lipinski definition) is 4. The predicted molar refractivity (Wildman–Crippen MR) is 324 cm³/mol. The molecule has 82 heavy (non-hydrogen) atoms. The summed E-state index contributed by atoms with van der Waals surface area (Å²) >= 11 is 0. The van der Waals surface area contributed by atoms with Crippen molar-refractivity contribution in [2.45, 2.75) is 154 Å². The summed E-state index contributed by atoms with van der Waals surface area (Å²) in [5.74, 6) is -6.43. The number of rotatable bonds is 19. The summed E-state index contributed by atoms with van der Waals surface area (Å²) in [5, 5.41) is 35.3. The van der Waals surface area contributed by atoms with Gasteiger partial charge in [0.05, 0.1) is 44.9 Å². The first-order valence-corrected chi connectivity index (χ1v) is 32.0. The highest BCUT2D eigenvalue weighted by atomic mass is 32.2. The van der Waals surface area contributed by atoms with Crippen LogP contribution in [0, 0.1) is 23.7 Å². The molecule has 0 aromatic heterocycles. The van der Waals surface area contributed by atoms with Gasteiger partial charge in [0, 0.05) is 13.1 Å². The largest absolute Gasteiger partial charge is 0.388 e. The summed E-state index contributed by atoms with van der Waals surface area (Å²) in [7, 11) is -7.71. The molecule has 8 atom stereocenters. The molecule has 14 nitrogen and oxygen atoms in total. The number of aliphatic hydroxyl groups is 2. The van der Waals surface area contributed by atoms with E-state index < -0.39 is 124 Å². The summed E-state index contributed by atoms with van der Waals surface area (Å²) in [5.41, 5.74) is 4.86. The van der Waals surface area contributed by atoms with Gasteiger partial charge in [-0.05, 0) is 134 Å². The van der Waals surface area contributed by atoms with E-state index in [9.17, 15) is 36.6 Å². The first-order valence-electron chi connectivity index (χ1n) is 28.7. The summed E-state index contributed by atoms with van der Waals surface area (Å²) in [4.78, 5) is 63.5. The minimum Gasteiger partial charge on any atom is -0.388 e. The number of carbonyl (C=O) groups is 4. The van der Waals surface area contributed by atoms with Gasteiger partial charge in [0.1, 0.15) is 24.3 Å². The van der Waals surface area contributed by atoms with Gasteiger partial charge in [-0.2, -0.15) is 0 Å². The number of sulfone groups is 2. The zero-order valence-corrected chi connectivity index (χ0v) is 50.6. The quantitative estimate of drug-likeness (QED) is 0.0610. The number of amides is 4. The topological polar surface area (TPSA) is 208 Å². The van der Waals surface area contributed by atoms with Crippen LogP contribution in [0.3, 0.4) is 0 Å². The Kier molecular flexibility index (Phi) is 18.6. The van der Waals surface area contributed by atoms with Crippen molar-refractivity contribution < 1.29 is 46.2 Å². The van der Waals surface area contributed by atoms with Gasteiger partial charge in [-0.15, -0.1) is 0 Å². The van der Waals surface area contributed by atoms with Crippen molar-refractivity contribution in [3.05, 3.63) is 167 Å². The lowest BCUT2D eigenvalue weighted by molar-refractivity contribution is -0.153. The van der Waals surface area contributed by atoms with Gasteiger partial charge in [-0.3, -0.25) is 19.2 Å². The highest BCUT2D eigenvalue weighted by Crippen LogP contribution is 2.34. The van der Waals surface area contributed by atoms with Gasteiger partial charge >= 0.3 is 0 Å². The molecule has 0 saturated carbocycles. The highest BCUT2D eigenvalue weighted by molar-refractivity contribution is 7.93. The maximum Gasteiger partial charge on any atom is 0.246 e. The minimum absolute atomic E-state index is 0.0167. The molecule has 2 unspecified atom stereocenters. The fourth-order valence-electron chi connectivity index (χ4n) is 11.5. The van der Waals surface area contributed by atoms with Crippen LogP contribution in [0.15, 0.2) is 133 Å². The Morgan fingerprint density at radius 1 is 0.488 bits per heavy atom. The van der Waals surface area contributed by atoms with Crippen molar-refractivity contribution in [1.29, 1.82) is 0 Å². The molecule has 2 heterocycles. The van der Waals surface area contributed by atoms with E-state index in [1.165, 1.54) is 9.80 Å². The average molecular weight is 1160 g/mol. The van der Waals surface area contributed by atoms with E-state index in [1.807, 2.05) is 133 Å². The average Bonchev–Trinajstić information content (AvgIpc) is 3.02. The number of aliphatic hydroxyl groups excluding tert-OH is 2. The Labute approximate surface area is 484 Å². The zero-order valence-electron chi connectivity index (χ0n) is 49.0. The van der Waals surface area contributed by atoms with Crippen LogP contribution in [0.2, 0.25) is 0 Å². The first-order chi connectivity index (χ1) is 38.6. The molecule has 6 aromatic rings. The SMILES string of the molecule is CC(C)[C@H](NC(=O)[C@H](Cc1cccc2ccccc12)CS(=O)(=O)C(C)(C)C)C(=O)N1Cc2ccccc2CC1[C@@H](O)[C@H](O)C1Cc2ccccc2CN1C(=O)[C@@H](NC(=O)[C@H](Cc1cccc2ccccc12)CS(=O)(=O)C(C)(C)C)C(C)C. The lowest BCUT2D eigenvalue weighted by Crippen LogP contribution is -2.64. The normalized spacial score (nSPS) is 18.3. The van der Waals surface area contributed by atoms with Gasteiger partial charge in [-0.25, -0.2) is 16.8 Å². The van der Waals surface area contributed by atoms with Crippen LogP contribution in [-0.4, -0.2) is 118 Å². The van der Waals surface area contributed by atoms with Gasteiger partial charge < -0.3 is 30.6 Å². The smallest absolute Gasteiger partial charge is 0.246 e. The van der Waals surface area contributed by atoms with Crippen LogP contribution >= 0.6 is 0 Å². The summed E-state index contributed by atoms with van der Waals surface area (Å²) in [6.07, 6.45) is -2.94. The second-order valence-corrected chi connectivity index (χ2v) is 30.9. The number of carbonyl (C=O) groups excluding carboxylic acids is 4. The van der Waals surface area contributed by atoms with E-state index in [2.05, 4.69) is 10.6 Å². The molecule has 16 heteroatoms. The lowest BCUT2D eigenvalue weighted by Gasteiger charge is -2.47. The molecule has 4 N–H and O–H groups in total. The fourth-order valence-corrected chi connectivity index (χ4v) is 14.1. The Hall–Kier alpha value is -6.46. The molecule has 438 valence electrons. The second kappa shape index (κ2) is 24.8. The standard InChI is InChI=1S/C66H82N4O10S2/c1-41(2)57(67-61(73)51(39-81(77,78)65(5,6)7)33-47-29-19-27-43-21-15-17-31-53(43)47)63(75)69-37-49-25-13-11-23-45(49)35-55(69)59(71)60(72)56-36-46-24-12-14-26-50(46)38-70(56)64(76)58(42(3)4)68-62(74)52(40-82(79,80)66(8,9)10)34-48-30-20-28-44-22-16-18-32-54(44)48/h11-32,41-42,51-52,55-60,71-72H,33-40H2,1-10H3,(H,67,73)(H,68,74)/t51-,52-,55?,56?,57+,58+,59-,60-/m1/s1. The van der Waals surface area contributed by atoms with Gasteiger partial charge in [0.25, 0.3) is 0 Å². The lowest BCUT2D eigenvalue weighted by atomic mass is 9.83. The van der Waals surface area contributed by atoms with E-state index in [1.54, 1.807) is 69.2 Å². The van der Waals surface area contributed by atoms with Crippen molar-refractivity contribution in [2.24, 2.45) is 23.7 Å². The third-order valence-corrected chi connectivity index (χ3v) is 22.3. The third-order valence-electron chi connectivity index (χ3n) is 16.9. The van der Waals surface area contributed by atoms with Crippen molar-refractivity contribution in [2.75, 3.05) is 11.5 Å². The van der Waals surface area contributed by atoms with Gasteiger partial charge in [0.15, 0.2) is 19.7 Å². The van der Waals surface area contributed by atoms with Crippen LogP contribution in [0.5, 0.6) is 0 Å². The molecule has 0 saturated heterocycles. The van der Waals surface area contributed by atoms with Crippen LogP contribution < -0.4 is 10.6 Å². The molecule has 4 amide bonds. The van der Waals surface area contributed by atoms with Gasteiger partial charge in [-0.1, -0.05) is 161 Å². The van der Waals surface area contributed by atoms with E-state index in [4.69, 9.17) is 0 Å². The molecule has 0 fully saturated rings. The maximum absolute atomic E-state index is 15.4. The van der Waals surface area contributed by atoms with Crippen LogP contribution in [0.1, 0.15) is 103 Å². The number of benzene rings is 6. The van der Waals surface area contributed by atoms with Crippen molar-refractivity contribution in [1.82, 2.24) is 20.4 Å². The maximum atomic E-state index is 15.4. The molecular weight excluding hydrogens is 1070 g/mol. The highest BCUT2D eigenvalue weighted by Gasteiger charge is 2.47. The number of fused-ring (bicyclic) bond motifs is 4. The van der Waals surface area contributed by atoms with Crippen molar-refractivity contribution in [3.63, 3.8) is 0 Å². The van der Waals surface area contributed by atoms with E-state index in [0.29, 0.717) is 0 Å². The fraction of sp³-hybridized carbons (Fsp3) is 0.455. The van der Waals surface area contributed by atoms with E-state index in [0.717, 1.165) is 54.9 Å². The molecule has 6 aromatic carbocycles. The minimum atomic E-state index is -3.85. The van der Waals surface area contributed by atoms with Crippen LogP contribution in [0.4, 0.5) is 0 Å². The Bertz CT molecular complexity index is 3310. The third kappa shape index (κ3) is 13.5. The second-order valence-electron chi connectivity index (χ2n) is 25.3. The monoisotopic (exact) mass is 1150 g/mol. The molecule has 2 aliphatic heterocycles. The molecular formula is C66H82N4O10S2. The summed E-state index contributed by atoms with van der Waals surface area (Å²) in [6.45, 7) is 16.8.